The van der Waals surface area contributed by atoms with Crippen molar-refractivity contribution in [2.24, 2.45) is 0 Å². The van der Waals surface area contributed by atoms with E-state index in [1.54, 1.807) is 18.5 Å². The van der Waals surface area contributed by atoms with E-state index < -0.39 is 0 Å². The minimum Gasteiger partial charge on any atom is -0.350 e. The van der Waals surface area contributed by atoms with Crippen LogP contribution < -0.4 is 10.6 Å². The molecule has 0 aromatic carbocycles. The van der Waals surface area contributed by atoms with Gasteiger partial charge in [0, 0.05) is 37.7 Å². The molecule has 2 N–H and O–H groups in total. The maximum Gasteiger partial charge on any atom is 0.270 e. The summed E-state index contributed by atoms with van der Waals surface area (Å²) in [7, 11) is 3.92. The second-order valence-electron chi connectivity index (χ2n) is 5.49. The van der Waals surface area contributed by atoms with E-state index in [9.17, 15) is 4.79 Å². The Bertz CT molecular complexity index is 644. The zero-order valence-electron chi connectivity index (χ0n) is 13.7. The van der Waals surface area contributed by atoms with E-state index in [1.807, 2.05) is 38.1 Å². The van der Waals surface area contributed by atoms with E-state index in [1.165, 1.54) is 0 Å². The molecule has 0 spiro atoms. The van der Waals surface area contributed by atoms with Crippen molar-refractivity contribution >= 4 is 11.9 Å². The lowest BCUT2D eigenvalue weighted by Crippen LogP contribution is -2.32. The lowest BCUT2D eigenvalue weighted by molar-refractivity contribution is 0.0946. The van der Waals surface area contributed by atoms with Gasteiger partial charge in [0.2, 0.25) is 5.95 Å². The second kappa shape index (κ2) is 8.19. The third kappa shape index (κ3) is 5.63. The van der Waals surface area contributed by atoms with Gasteiger partial charge in [-0.2, -0.15) is 0 Å². The lowest BCUT2D eigenvalue weighted by atomic mass is 10.3. The Kier molecular flexibility index (Phi) is 5.99. The summed E-state index contributed by atoms with van der Waals surface area (Å²) >= 11 is 0. The molecule has 0 radical (unpaired) electrons. The van der Waals surface area contributed by atoms with Crippen molar-refractivity contribution in [1.29, 1.82) is 0 Å². The number of aryl methyl sites for hydroxylation is 1. The van der Waals surface area contributed by atoms with Crippen LogP contribution in [-0.4, -0.2) is 52.9 Å². The quantitative estimate of drug-likeness (QED) is 0.796. The summed E-state index contributed by atoms with van der Waals surface area (Å²) in [6.45, 7) is 3.75. The van der Waals surface area contributed by atoms with Gasteiger partial charge in [-0.05, 0) is 38.7 Å². The number of likely N-dealkylation sites (N-methyl/N-ethyl adjacent to an activating group) is 1. The zero-order valence-corrected chi connectivity index (χ0v) is 13.7. The van der Waals surface area contributed by atoms with Gasteiger partial charge in [0.05, 0.1) is 0 Å². The van der Waals surface area contributed by atoms with Crippen LogP contribution in [0.2, 0.25) is 0 Å². The van der Waals surface area contributed by atoms with E-state index >= 15 is 0 Å². The molecule has 0 saturated heterocycles. The number of anilines is 1. The van der Waals surface area contributed by atoms with E-state index in [4.69, 9.17) is 0 Å². The number of pyridine rings is 1. The van der Waals surface area contributed by atoms with Gasteiger partial charge < -0.3 is 15.5 Å². The van der Waals surface area contributed by atoms with Gasteiger partial charge in [-0.25, -0.2) is 9.97 Å². The highest BCUT2D eigenvalue weighted by Crippen LogP contribution is 2.07. The summed E-state index contributed by atoms with van der Waals surface area (Å²) in [6.07, 6.45) is 3.50. The van der Waals surface area contributed by atoms with Crippen LogP contribution in [0.1, 0.15) is 21.7 Å². The van der Waals surface area contributed by atoms with Crippen molar-refractivity contribution in [3.05, 3.63) is 47.5 Å². The molecule has 2 aromatic rings. The summed E-state index contributed by atoms with van der Waals surface area (Å²) in [5, 5.41) is 5.97. The topological polar surface area (TPSA) is 83.0 Å². The summed E-state index contributed by atoms with van der Waals surface area (Å²) in [5.41, 5.74) is 2.13. The minimum absolute atomic E-state index is 0.193. The maximum atomic E-state index is 12.1. The van der Waals surface area contributed by atoms with Crippen molar-refractivity contribution in [3.8, 4) is 0 Å². The first-order valence-electron chi connectivity index (χ1n) is 7.46. The van der Waals surface area contributed by atoms with Gasteiger partial charge in [-0.3, -0.25) is 9.78 Å². The van der Waals surface area contributed by atoms with Crippen molar-refractivity contribution in [2.75, 3.05) is 32.5 Å². The smallest absolute Gasteiger partial charge is 0.270 e. The fraction of sp³-hybridized carbons (Fsp3) is 0.375. The summed E-state index contributed by atoms with van der Waals surface area (Å²) < 4.78 is 0. The molecule has 0 aliphatic heterocycles. The Hall–Kier alpha value is -2.54. The standard InChI is InChI=1S/C16H22N6O/c1-12-9-14(15(23)18-7-8-22(2)3)21-16(20-12)19-11-13-5-4-6-17-10-13/h4-6,9-10H,7-8,11H2,1-3H3,(H,18,23)(H,19,20,21). The highest BCUT2D eigenvalue weighted by atomic mass is 16.1. The van der Waals surface area contributed by atoms with Gasteiger partial charge in [-0.1, -0.05) is 6.07 Å². The van der Waals surface area contributed by atoms with Crippen molar-refractivity contribution in [1.82, 2.24) is 25.2 Å². The Morgan fingerprint density at radius 3 is 2.83 bits per heavy atom. The molecule has 2 heterocycles. The van der Waals surface area contributed by atoms with Gasteiger partial charge in [0.1, 0.15) is 5.69 Å². The number of nitrogens with zero attached hydrogens (tertiary/aromatic N) is 4. The second-order valence-corrected chi connectivity index (χ2v) is 5.49. The molecule has 2 aromatic heterocycles. The molecule has 23 heavy (non-hydrogen) atoms. The van der Waals surface area contributed by atoms with Crippen LogP contribution in [0.4, 0.5) is 5.95 Å². The number of rotatable bonds is 7. The van der Waals surface area contributed by atoms with Gasteiger partial charge in [0.25, 0.3) is 5.91 Å². The number of hydrogen-bond donors (Lipinski definition) is 2. The molecule has 0 bridgehead atoms. The van der Waals surface area contributed by atoms with Crippen LogP contribution >= 0.6 is 0 Å². The van der Waals surface area contributed by atoms with E-state index in [-0.39, 0.29) is 5.91 Å². The highest BCUT2D eigenvalue weighted by Gasteiger charge is 2.10. The van der Waals surface area contributed by atoms with E-state index in [0.29, 0.717) is 24.7 Å². The molecule has 2 rings (SSSR count). The first kappa shape index (κ1) is 16.8. The summed E-state index contributed by atoms with van der Waals surface area (Å²) in [5.74, 6) is 0.244. The van der Waals surface area contributed by atoms with Crippen LogP contribution in [-0.2, 0) is 6.54 Å². The third-order valence-electron chi connectivity index (χ3n) is 3.10. The average molecular weight is 314 g/mol. The first-order chi connectivity index (χ1) is 11.0. The summed E-state index contributed by atoms with van der Waals surface area (Å²) in [4.78, 5) is 26.8. The van der Waals surface area contributed by atoms with Crippen LogP contribution in [0.25, 0.3) is 0 Å². The molecule has 0 unspecified atom stereocenters. The molecule has 1 amide bonds. The molecule has 0 fully saturated rings. The molecule has 0 aliphatic rings. The van der Waals surface area contributed by atoms with E-state index in [2.05, 4.69) is 25.6 Å². The average Bonchev–Trinajstić information content (AvgIpc) is 2.53. The lowest BCUT2D eigenvalue weighted by Gasteiger charge is -2.11. The predicted molar refractivity (Wildman–Crippen MR) is 89.2 cm³/mol. The minimum atomic E-state index is -0.193. The third-order valence-corrected chi connectivity index (χ3v) is 3.10. The molecule has 0 saturated carbocycles. The SMILES string of the molecule is Cc1cc(C(=O)NCCN(C)C)nc(NCc2cccnc2)n1. The van der Waals surface area contributed by atoms with E-state index in [0.717, 1.165) is 17.8 Å². The first-order valence-corrected chi connectivity index (χ1v) is 7.46. The Labute approximate surface area is 136 Å². The Balaban J connectivity index is 1.99. The van der Waals surface area contributed by atoms with Crippen LogP contribution in [0.15, 0.2) is 30.6 Å². The molecule has 7 heteroatoms. The number of hydrogen-bond acceptors (Lipinski definition) is 6. The Morgan fingerprint density at radius 2 is 2.13 bits per heavy atom. The molecule has 0 aliphatic carbocycles. The number of aromatic nitrogens is 3. The molecular formula is C16H22N6O. The number of carbonyl (C=O) groups excluding carboxylic acids is 1. The molecule has 122 valence electrons. The van der Waals surface area contributed by atoms with Gasteiger partial charge in [0.15, 0.2) is 0 Å². The van der Waals surface area contributed by atoms with Crippen LogP contribution in [0.5, 0.6) is 0 Å². The van der Waals surface area contributed by atoms with Crippen molar-refractivity contribution in [3.63, 3.8) is 0 Å². The highest BCUT2D eigenvalue weighted by molar-refractivity contribution is 5.92. The summed E-state index contributed by atoms with van der Waals surface area (Å²) in [6, 6.07) is 5.52. The fourth-order valence-electron chi connectivity index (χ4n) is 1.93. The Morgan fingerprint density at radius 1 is 1.30 bits per heavy atom. The number of carbonyl (C=O) groups is 1. The van der Waals surface area contributed by atoms with Crippen molar-refractivity contribution in [2.45, 2.75) is 13.5 Å². The zero-order chi connectivity index (χ0) is 16.7. The molecule has 0 atom stereocenters. The monoisotopic (exact) mass is 314 g/mol. The van der Waals surface area contributed by atoms with Crippen LogP contribution in [0.3, 0.4) is 0 Å². The number of amides is 1. The number of nitrogens with one attached hydrogen (secondary N) is 2. The fourth-order valence-corrected chi connectivity index (χ4v) is 1.93. The van der Waals surface area contributed by atoms with Gasteiger partial charge >= 0.3 is 0 Å². The largest absolute Gasteiger partial charge is 0.350 e. The van der Waals surface area contributed by atoms with Crippen LogP contribution in [0, 0.1) is 6.92 Å². The molecule has 7 nitrogen and oxygen atoms in total. The van der Waals surface area contributed by atoms with Gasteiger partial charge in [-0.15, -0.1) is 0 Å². The maximum absolute atomic E-state index is 12.1. The molecular weight excluding hydrogens is 292 g/mol. The van der Waals surface area contributed by atoms with Crippen molar-refractivity contribution < 1.29 is 4.79 Å². The predicted octanol–water partition coefficient (Wildman–Crippen LogP) is 1.08. The normalized spacial score (nSPS) is 10.6.